The van der Waals surface area contributed by atoms with Gasteiger partial charge in [0.1, 0.15) is 0 Å². The summed E-state index contributed by atoms with van der Waals surface area (Å²) in [4.78, 5) is 2.50. The minimum Gasteiger partial charge on any atom is -0.399 e. The second-order valence-electron chi connectivity index (χ2n) is 6.35. The first-order valence-corrected chi connectivity index (χ1v) is 7.75. The standard InChI is InChI=1S/C17H28N2/c1-14(2)4-3-5-15-10-12-19(13-11-15)17-8-6-16(18)7-9-17/h6-9,14-15H,3-5,10-13,18H2,1-2H3. The lowest BCUT2D eigenvalue weighted by molar-refractivity contribution is 0.358. The normalized spacial score (nSPS) is 17.1. The Hall–Kier alpha value is -1.18. The van der Waals surface area contributed by atoms with Crippen LogP contribution in [0, 0.1) is 11.8 Å². The molecular formula is C17H28N2. The zero-order valence-corrected chi connectivity index (χ0v) is 12.4. The number of anilines is 2. The van der Waals surface area contributed by atoms with Gasteiger partial charge in [0, 0.05) is 24.5 Å². The van der Waals surface area contributed by atoms with Crippen molar-refractivity contribution < 1.29 is 0 Å². The van der Waals surface area contributed by atoms with Crippen LogP contribution in [0.5, 0.6) is 0 Å². The second kappa shape index (κ2) is 6.83. The van der Waals surface area contributed by atoms with Gasteiger partial charge in [-0.15, -0.1) is 0 Å². The van der Waals surface area contributed by atoms with Crippen molar-refractivity contribution in [2.75, 3.05) is 23.7 Å². The van der Waals surface area contributed by atoms with Gasteiger partial charge < -0.3 is 10.6 Å². The molecule has 1 aromatic carbocycles. The summed E-state index contributed by atoms with van der Waals surface area (Å²) < 4.78 is 0. The fraction of sp³-hybridized carbons (Fsp3) is 0.647. The first-order chi connectivity index (χ1) is 9.15. The number of piperidine rings is 1. The fourth-order valence-electron chi connectivity index (χ4n) is 2.98. The number of benzene rings is 1. The average molecular weight is 260 g/mol. The highest BCUT2D eigenvalue weighted by molar-refractivity contribution is 5.53. The quantitative estimate of drug-likeness (QED) is 0.799. The number of nitrogens with two attached hydrogens (primary N) is 1. The van der Waals surface area contributed by atoms with Crippen molar-refractivity contribution in [3.8, 4) is 0 Å². The van der Waals surface area contributed by atoms with Gasteiger partial charge in [-0.2, -0.15) is 0 Å². The van der Waals surface area contributed by atoms with E-state index in [-0.39, 0.29) is 0 Å². The Kier molecular flexibility index (Phi) is 5.12. The lowest BCUT2D eigenvalue weighted by Gasteiger charge is -2.33. The zero-order chi connectivity index (χ0) is 13.7. The van der Waals surface area contributed by atoms with E-state index in [4.69, 9.17) is 5.73 Å². The van der Waals surface area contributed by atoms with Crippen LogP contribution in [0.4, 0.5) is 11.4 Å². The molecule has 2 heteroatoms. The Morgan fingerprint density at radius 1 is 1.16 bits per heavy atom. The van der Waals surface area contributed by atoms with Crippen LogP contribution < -0.4 is 10.6 Å². The number of rotatable bonds is 5. The Morgan fingerprint density at radius 3 is 2.37 bits per heavy atom. The first kappa shape index (κ1) is 14.2. The van der Waals surface area contributed by atoms with E-state index in [1.807, 2.05) is 12.1 Å². The number of hydrogen-bond donors (Lipinski definition) is 1. The zero-order valence-electron chi connectivity index (χ0n) is 12.4. The molecular weight excluding hydrogens is 232 g/mol. The third-order valence-corrected chi connectivity index (χ3v) is 4.27. The molecule has 0 amide bonds. The van der Waals surface area contributed by atoms with Crippen LogP contribution in [-0.4, -0.2) is 13.1 Å². The van der Waals surface area contributed by atoms with Crippen molar-refractivity contribution >= 4 is 11.4 Å². The van der Waals surface area contributed by atoms with Crippen molar-refractivity contribution in [1.29, 1.82) is 0 Å². The van der Waals surface area contributed by atoms with Crippen molar-refractivity contribution in [3.63, 3.8) is 0 Å². The molecule has 0 saturated carbocycles. The predicted octanol–water partition coefficient (Wildman–Crippen LogP) is 4.31. The molecule has 19 heavy (non-hydrogen) atoms. The molecule has 0 aliphatic carbocycles. The van der Waals surface area contributed by atoms with E-state index in [9.17, 15) is 0 Å². The summed E-state index contributed by atoms with van der Waals surface area (Å²) in [5.74, 6) is 1.80. The van der Waals surface area contributed by atoms with E-state index in [0.717, 1.165) is 17.5 Å². The van der Waals surface area contributed by atoms with Gasteiger partial charge in [0.15, 0.2) is 0 Å². The van der Waals surface area contributed by atoms with E-state index in [0.29, 0.717) is 0 Å². The molecule has 1 aliphatic heterocycles. The van der Waals surface area contributed by atoms with Crippen molar-refractivity contribution in [3.05, 3.63) is 24.3 Å². The van der Waals surface area contributed by atoms with E-state index in [1.54, 1.807) is 0 Å². The first-order valence-electron chi connectivity index (χ1n) is 7.75. The average Bonchev–Trinajstić information content (AvgIpc) is 2.40. The maximum Gasteiger partial charge on any atom is 0.0367 e. The summed E-state index contributed by atoms with van der Waals surface area (Å²) in [6.07, 6.45) is 6.92. The molecule has 1 aliphatic rings. The Balaban J connectivity index is 1.74. The molecule has 0 spiro atoms. The van der Waals surface area contributed by atoms with Crippen LogP contribution >= 0.6 is 0 Å². The second-order valence-corrected chi connectivity index (χ2v) is 6.35. The summed E-state index contributed by atoms with van der Waals surface area (Å²) in [5, 5.41) is 0. The van der Waals surface area contributed by atoms with E-state index >= 15 is 0 Å². The van der Waals surface area contributed by atoms with Gasteiger partial charge in [-0.3, -0.25) is 0 Å². The molecule has 1 saturated heterocycles. The molecule has 1 heterocycles. The molecule has 0 unspecified atom stereocenters. The highest BCUT2D eigenvalue weighted by Crippen LogP contribution is 2.27. The number of nitrogens with zero attached hydrogens (tertiary/aromatic N) is 1. The maximum atomic E-state index is 5.74. The molecule has 2 nitrogen and oxygen atoms in total. The topological polar surface area (TPSA) is 29.3 Å². The van der Waals surface area contributed by atoms with Crippen molar-refractivity contribution in [2.45, 2.75) is 46.0 Å². The van der Waals surface area contributed by atoms with E-state index in [2.05, 4.69) is 30.9 Å². The molecule has 0 aromatic heterocycles. The Morgan fingerprint density at radius 2 is 1.79 bits per heavy atom. The third kappa shape index (κ3) is 4.45. The van der Waals surface area contributed by atoms with Gasteiger partial charge in [0.2, 0.25) is 0 Å². The summed E-state index contributed by atoms with van der Waals surface area (Å²) in [6, 6.07) is 8.30. The maximum absolute atomic E-state index is 5.74. The predicted molar refractivity (Wildman–Crippen MR) is 84.5 cm³/mol. The minimum absolute atomic E-state index is 0.854. The summed E-state index contributed by atoms with van der Waals surface area (Å²) >= 11 is 0. The third-order valence-electron chi connectivity index (χ3n) is 4.27. The summed E-state index contributed by atoms with van der Waals surface area (Å²) in [7, 11) is 0. The summed E-state index contributed by atoms with van der Waals surface area (Å²) in [6.45, 7) is 7.06. The molecule has 1 aromatic rings. The fourth-order valence-corrected chi connectivity index (χ4v) is 2.98. The van der Waals surface area contributed by atoms with E-state index < -0.39 is 0 Å². The molecule has 0 radical (unpaired) electrons. The molecule has 2 rings (SSSR count). The van der Waals surface area contributed by atoms with Gasteiger partial charge in [-0.05, 0) is 48.9 Å². The SMILES string of the molecule is CC(C)CCCC1CCN(c2ccc(N)cc2)CC1. The van der Waals surface area contributed by atoms with E-state index in [1.165, 1.54) is 50.9 Å². The Labute approximate surface area is 118 Å². The molecule has 2 N–H and O–H groups in total. The minimum atomic E-state index is 0.854. The number of nitrogen functional groups attached to an aromatic ring is 1. The Bertz CT molecular complexity index is 361. The van der Waals surface area contributed by atoms with Gasteiger partial charge >= 0.3 is 0 Å². The molecule has 0 bridgehead atoms. The molecule has 1 fully saturated rings. The molecule has 106 valence electrons. The van der Waals surface area contributed by atoms with Crippen LogP contribution in [0.1, 0.15) is 46.0 Å². The largest absolute Gasteiger partial charge is 0.399 e. The van der Waals surface area contributed by atoms with Gasteiger partial charge in [0.05, 0.1) is 0 Å². The highest BCUT2D eigenvalue weighted by Gasteiger charge is 2.19. The van der Waals surface area contributed by atoms with Gasteiger partial charge in [0.25, 0.3) is 0 Å². The lowest BCUT2D eigenvalue weighted by atomic mass is 9.90. The van der Waals surface area contributed by atoms with Crippen LogP contribution in [-0.2, 0) is 0 Å². The van der Waals surface area contributed by atoms with Gasteiger partial charge in [-0.25, -0.2) is 0 Å². The van der Waals surface area contributed by atoms with Crippen LogP contribution in [0.3, 0.4) is 0 Å². The van der Waals surface area contributed by atoms with Crippen LogP contribution in [0.2, 0.25) is 0 Å². The van der Waals surface area contributed by atoms with Crippen molar-refractivity contribution in [1.82, 2.24) is 0 Å². The summed E-state index contributed by atoms with van der Waals surface area (Å²) in [5.41, 5.74) is 7.92. The van der Waals surface area contributed by atoms with Gasteiger partial charge in [-0.1, -0.05) is 33.1 Å². The monoisotopic (exact) mass is 260 g/mol. The smallest absolute Gasteiger partial charge is 0.0367 e. The number of hydrogen-bond acceptors (Lipinski definition) is 2. The molecule has 0 atom stereocenters. The highest BCUT2D eigenvalue weighted by atomic mass is 15.1. The van der Waals surface area contributed by atoms with Crippen LogP contribution in [0.25, 0.3) is 0 Å². The lowest BCUT2D eigenvalue weighted by Crippen LogP contribution is -2.33. The van der Waals surface area contributed by atoms with Crippen LogP contribution in [0.15, 0.2) is 24.3 Å². The van der Waals surface area contributed by atoms with Crippen molar-refractivity contribution in [2.24, 2.45) is 11.8 Å².